The molecule has 0 heterocycles. The van der Waals surface area contributed by atoms with E-state index in [9.17, 15) is 29.8 Å². The highest BCUT2D eigenvalue weighted by Crippen LogP contribution is 2.66. The largest absolute Gasteiger partial charge is 0.445 e. The van der Waals surface area contributed by atoms with E-state index in [-0.39, 0.29) is 29.7 Å². The average Bonchev–Trinajstić information content (AvgIpc) is 3.03. The third-order valence-corrected chi connectivity index (χ3v) is 8.13. The number of nitrogens with zero attached hydrogens (tertiary/aromatic N) is 2. The van der Waals surface area contributed by atoms with E-state index in [4.69, 9.17) is 20.7 Å². The second-order valence-electron chi connectivity index (χ2n) is 9.76. The first-order chi connectivity index (χ1) is 16.4. The first-order valence-electron chi connectivity index (χ1n) is 11.4. The van der Waals surface area contributed by atoms with Gasteiger partial charge in [-0.25, -0.2) is 0 Å². The number of benzene rings is 1. The SMILES string of the molecule is C#C[C@]1(OC(C)=O)CC[C@H]2[C@@H]3CCc4c(ccc(OC(C)=O)c4[N+](=O)[O-])[C@H]3[C@H](O[N+](=O)[O-])C[C@@]21C. The molecule has 0 aliphatic heterocycles. The second kappa shape index (κ2) is 8.52. The van der Waals surface area contributed by atoms with E-state index in [0.717, 1.165) is 6.92 Å². The van der Waals surface area contributed by atoms with Gasteiger partial charge in [0.1, 0.15) is 6.10 Å². The maximum Gasteiger partial charge on any atom is 0.315 e. The van der Waals surface area contributed by atoms with Crippen LogP contribution in [0.25, 0.3) is 0 Å². The molecule has 0 N–H and O–H groups in total. The van der Waals surface area contributed by atoms with Gasteiger partial charge in [-0.3, -0.25) is 19.7 Å². The van der Waals surface area contributed by atoms with Crippen molar-refractivity contribution < 1.29 is 33.9 Å². The molecule has 0 amide bonds. The van der Waals surface area contributed by atoms with Crippen LogP contribution < -0.4 is 4.74 Å². The summed E-state index contributed by atoms with van der Waals surface area (Å²) in [4.78, 5) is 51.5. The number of nitro benzene ring substituents is 1. The van der Waals surface area contributed by atoms with Crippen LogP contribution in [0.4, 0.5) is 5.69 Å². The fourth-order valence-electron chi connectivity index (χ4n) is 6.99. The van der Waals surface area contributed by atoms with Crippen LogP contribution in [-0.2, 0) is 25.6 Å². The molecule has 0 radical (unpaired) electrons. The van der Waals surface area contributed by atoms with Gasteiger partial charge in [-0.2, -0.15) is 0 Å². The molecule has 11 nitrogen and oxygen atoms in total. The van der Waals surface area contributed by atoms with Crippen LogP contribution in [0, 0.1) is 49.8 Å². The highest BCUT2D eigenvalue weighted by atomic mass is 17.0. The number of nitro groups is 1. The Morgan fingerprint density at radius 3 is 2.46 bits per heavy atom. The number of hydrogen-bond donors (Lipinski definition) is 0. The summed E-state index contributed by atoms with van der Waals surface area (Å²) in [6, 6.07) is 2.99. The zero-order chi connectivity index (χ0) is 25.7. The lowest BCUT2D eigenvalue weighted by molar-refractivity contribution is -0.771. The monoisotopic (exact) mass is 486 g/mol. The third-order valence-electron chi connectivity index (χ3n) is 8.13. The zero-order valence-corrected chi connectivity index (χ0v) is 19.6. The van der Waals surface area contributed by atoms with Crippen molar-refractivity contribution in [3.05, 3.63) is 43.5 Å². The number of esters is 2. The summed E-state index contributed by atoms with van der Waals surface area (Å²) in [6.45, 7) is 4.33. The predicted molar refractivity (Wildman–Crippen MR) is 120 cm³/mol. The standard InChI is InChI=1S/C24H26N2O9/c1-5-24(34-14(3)28)11-10-18-17-7-6-16-15(8-9-19(33-13(2)27)22(16)25(29)30)21(17)20(35-26(31)32)12-23(18,24)4/h1,8-9,17-18,20-21H,6-7,10-12H2,2-4H3/t17-,18-,20+,21+,23-,24-/m0/s1. The van der Waals surface area contributed by atoms with E-state index in [1.165, 1.54) is 13.0 Å². The molecule has 4 rings (SSSR count). The summed E-state index contributed by atoms with van der Waals surface area (Å²) >= 11 is 0. The van der Waals surface area contributed by atoms with Gasteiger partial charge in [-0.15, -0.1) is 16.5 Å². The van der Waals surface area contributed by atoms with Crippen LogP contribution in [0.1, 0.15) is 63.5 Å². The molecule has 1 aromatic carbocycles. The Morgan fingerprint density at radius 1 is 1.17 bits per heavy atom. The number of terminal acetylenes is 1. The lowest BCUT2D eigenvalue weighted by Crippen LogP contribution is -2.56. The van der Waals surface area contributed by atoms with E-state index in [0.29, 0.717) is 36.8 Å². The molecule has 2 saturated carbocycles. The normalized spacial score (nSPS) is 32.7. The molecule has 35 heavy (non-hydrogen) atoms. The molecule has 0 saturated heterocycles. The smallest absolute Gasteiger partial charge is 0.315 e. The number of hydrogen-bond acceptors (Lipinski definition) is 9. The minimum atomic E-state index is -1.22. The minimum absolute atomic E-state index is 0.0464. The number of ether oxygens (including phenoxy) is 2. The molecule has 2 fully saturated rings. The van der Waals surface area contributed by atoms with Crippen LogP contribution in [0.5, 0.6) is 5.75 Å². The van der Waals surface area contributed by atoms with Crippen molar-refractivity contribution in [2.45, 2.75) is 70.5 Å². The first-order valence-corrected chi connectivity index (χ1v) is 11.4. The van der Waals surface area contributed by atoms with Gasteiger partial charge in [0.15, 0.2) is 5.60 Å². The van der Waals surface area contributed by atoms with Gasteiger partial charge in [0.25, 0.3) is 5.09 Å². The maximum absolute atomic E-state index is 12.0. The van der Waals surface area contributed by atoms with Crippen LogP contribution in [0.15, 0.2) is 12.1 Å². The Hall–Kier alpha value is -3.68. The Bertz CT molecular complexity index is 1160. The van der Waals surface area contributed by atoms with E-state index in [1.54, 1.807) is 6.07 Å². The molecular formula is C24H26N2O9. The minimum Gasteiger partial charge on any atom is -0.445 e. The number of carbonyl (C=O) groups is 2. The van der Waals surface area contributed by atoms with Crippen molar-refractivity contribution in [2.75, 3.05) is 0 Å². The molecule has 0 unspecified atom stereocenters. The molecular weight excluding hydrogens is 460 g/mol. The van der Waals surface area contributed by atoms with E-state index < -0.39 is 45.0 Å². The lowest BCUT2D eigenvalue weighted by atomic mass is 9.52. The topological polar surface area (TPSA) is 148 Å². The fraction of sp³-hybridized carbons (Fsp3) is 0.583. The quantitative estimate of drug-likeness (QED) is 0.200. The third kappa shape index (κ3) is 3.77. The van der Waals surface area contributed by atoms with Crippen molar-refractivity contribution in [1.82, 2.24) is 0 Å². The Labute approximate surface area is 201 Å². The molecule has 0 aromatic heterocycles. The van der Waals surface area contributed by atoms with Gasteiger partial charge in [0, 0.05) is 30.7 Å². The molecule has 1 aromatic rings. The van der Waals surface area contributed by atoms with Gasteiger partial charge in [-0.05, 0) is 55.6 Å². The van der Waals surface area contributed by atoms with Crippen LogP contribution in [0.2, 0.25) is 0 Å². The van der Waals surface area contributed by atoms with Crippen LogP contribution in [-0.4, -0.2) is 33.7 Å². The van der Waals surface area contributed by atoms with Crippen molar-refractivity contribution in [2.24, 2.45) is 17.3 Å². The van der Waals surface area contributed by atoms with E-state index >= 15 is 0 Å². The summed E-state index contributed by atoms with van der Waals surface area (Å²) in [5.41, 5.74) is -1.36. The fourth-order valence-corrected chi connectivity index (χ4v) is 6.99. The summed E-state index contributed by atoms with van der Waals surface area (Å²) in [5, 5.41) is 22.6. The zero-order valence-electron chi connectivity index (χ0n) is 19.6. The summed E-state index contributed by atoms with van der Waals surface area (Å²) in [5.74, 6) is 0.603. The van der Waals surface area contributed by atoms with Gasteiger partial charge in [0.2, 0.25) is 5.75 Å². The number of rotatable bonds is 5. The van der Waals surface area contributed by atoms with Gasteiger partial charge in [0.05, 0.1) is 4.92 Å². The Kier molecular flexibility index (Phi) is 5.95. The van der Waals surface area contributed by atoms with E-state index in [1.807, 2.05) is 6.92 Å². The van der Waals surface area contributed by atoms with Gasteiger partial charge < -0.3 is 14.3 Å². The molecule has 0 bridgehead atoms. The van der Waals surface area contributed by atoms with E-state index in [2.05, 4.69) is 5.92 Å². The first kappa shape index (κ1) is 24.4. The van der Waals surface area contributed by atoms with Crippen molar-refractivity contribution in [1.29, 1.82) is 0 Å². The molecule has 3 aliphatic carbocycles. The van der Waals surface area contributed by atoms with Crippen molar-refractivity contribution >= 4 is 17.6 Å². The lowest BCUT2D eigenvalue weighted by Gasteiger charge is -2.54. The molecule has 3 aliphatic rings. The van der Waals surface area contributed by atoms with Gasteiger partial charge >= 0.3 is 17.6 Å². The predicted octanol–water partition coefficient (Wildman–Crippen LogP) is 3.50. The summed E-state index contributed by atoms with van der Waals surface area (Å²) in [6.07, 6.45) is 6.92. The van der Waals surface area contributed by atoms with Crippen molar-refractivity contribution in [3.63, 3.8) is 0 Å². The number of fused-ring (bicyclic) bond motifs is 5. The van der Waals surface area contributed by atoms with Gasteiger partial charge in [-0.1, -0.05) is 18.9 Å². The van der Waals surface area contributed by atoms with Crippen LogP contribution in [0.3, 0.4) is 0 Å². The number of carbonyl (C=O) groups excluding carboxylic acids is 2. The second-order valence-corrected chi connectivity index (χ2v) is 9.76. The Morgan fingerprint density at radius 2 is 1.89 bits per heavy atom. The molecule has 0 spiro atoms. The maximum atomic E-state index is 12.0. The highest BCUT2D eigenvalue weighted by Gasteiger charge is 2.66. The average molecular weight is 486 g/mol. The Balaban J connectivity index is 1.85. The highest BCUT2D eigenvalue weighted by molar-refractivity contribution is 5.72. The molecule has 186 valence electrons. The summed E-state index contributed by atoms with van der Waals surface area (Å²) in [7, 11) is 0. The molecule has 11 heteroatoms. The summed E-state index contributed by atoms with van der Waals surface area (Å²) < 4.78 is 10.8. The molecule has 6 atom stereocenters. The van der Waals surface area contributed by atoms with Crippen LogP contribution >= 0.6 is 0 Å². The van der Waals surface area contributed by atoms with Crippen molar-refractivity contribution in [3.8, 4) is 18.1 Å².